The van der Waals surface area contributed by atoms with Crippen LogP contribution in [0.5, 0.6) is 0 Å². The first-order valence-corrected chi connectivity index (χ1v) is 16.7. The Bertz CT molecular complexity index is 2890. The second-order valence-electron chi connectivity index (χ2n) is 12.9. The smallest absolute Gasteiger partial charge is 0.147 e. The van der Waals surface area contributed by atoms with Crippen molar-refractivity contribution in [3.63, 3.8) is 0 Å². The molecule has 0 unspecified atom stereocenters. The largest absolute Gasteiger partial charge is 0.354 e. The number of aromatic amines is 1. The van der Waals surface area contributed by atoms with Gasteiger partial charge >= 0.3 is 0 Å². The average Bonchev–Trinajstić information content (AvgIpc) is 3.82. The van der Waals surface area contributed by atoms with E-state index in [0.29, 0.717) is 0 Å². The average molecular weight is 630 g/mol. The second kappa shape index (κ2) is 10.5. The zero-order chi connectivity index (χ0) is 32.6. The molecule has 0 spiro atoms. The van der Waals surface area contributed by atoms with Gasteiger partial charge in [0.2, 0.25) is 0 Å². The van der Waals surface area contributed by atoms with Crippen molar-refractivity contribution in [3.05, 3.63) is 157 Å². The first-order valence-electron chi connectivity index (χ1n) is 16.7. The normalized spacial score (nSPS) is 11.9. The van der Waals surface area contributed by atoms with E-state index in [9.17, 15) is 0 Å². The van der Waals surface area contributed by atoms with Gasteiger partial charge in [-0.05, 0) is 85.1 Å². The van der Waals surface area contributed by atoms with Crippen LogP contribution in [0.1, 0.15) is 11.1 Å². The molecule has 49 heavy (non-hydrogen) atoms. The fraction of sp³-hybridized carbons (Fsp3) is 0.0455. The number of hydrogen-bond acceptors (Lipinski definition) is 2. The quantitative estimate of drug-likeness (QED) is 0.211. The van der Waals surface area contributed by atoms with E-state index in [-0.39, 0.29) is 0 Å². The van der Waals surface area contributed by atoms with Gasteiger partial charge in [0.25, 0.3) is 0 Å². The van der Waals surface area contributed by atoms with Gasteiger partial charge in [0, 0.05) is 50.1 Å². The number of rotatable bonds is 4. The third-order valence-corrected chi connectivity index (χ3v) is 9.92. The minimum absolute atomic E-state index is 0.900. The molecule has 4 aromatic heterocycles. The van der Waals surface area contributed by atoms with E-state index in [1.165, 1.54) is 32.7 Å². The number of fused-ring (bicyclic) bond motifs is 7. The highest BCUT2D eigenvalue weighted by Gasteiger charge is 2.22. The summed E-state index contributed by atoms with van der Waals surface area (Å²) < 4.78 is 4.58. The molecule has 5 nitrogen and oxygen atoms in total. The van der Waals surface area contributed by atoms with Crippen molar-refractivity contribution < 1.29 is 0 Å². The van der Waals surface area contributed by atoms with Crippen LogP contribution in [-0.2, 0) is 0 Å². The van der Waals surface area contributed by atoms with Crippen molar-refractivity contribution in [2.75, 3.05) is 0 Å². The highest BCUT2D eigenvalue weighted by Crippen LogP contribution is 2.41. The van der Waals surface area contributed by atoms with Crippen LogP contribution in [0.15, 0.2) is 146 Å². The third-order valence-electron chi connectivity index (χ3n) is 9.92. The van der Waals surface area contributed by atoms with Gasteiger partial charge in [-0.1, -0.05) is 84.9 Å². The van der Waals surface area contributed by atoms with Crippen LogP contribution in [0.3, 0.4) is 0 Å². The number of aryl methyl sites for hydroxylation is 2. The lowest BCUT2D eigenvalue weighted by atomic mass is 10.0. The molecule has 0 aliphatic heterocycles. The van der Waals surface area contributed by atoms with Gasteiger partial charge in [-0.15, -0.1) is 0 Å². The molecule has 1 N–H and O–H groups in total. The first kappa shape index (κ1) is 27.6. The summed E-state index contributed by atoms with van der Waals surface area (Å²) in [6.07, 6.45) is 1.86. The molecular weight excluding hydrogens is 599 g/mol. The Labute approximate surface area is 282 Å². The highest BCUT2D eigenvalue weighted by atomic mass is 15.1. The number of hydrogen-bond donors (Lipinski definition) is 1. The van der Waals surface area contributed by atoms with Crippen molar-refractivity contribution in [2.24, 2.45) is 0 Å². The van der Waals surface area contributed by atoms with Crippen molar-refractivity contribution in [1.29, 1.82) is 0 Å². The standard InChI is InChI=1S/C44H31N5/c1-27-18-21-34-36(25-27)46-43-35(22-19-28(2)41(34)43)44-47-42-31(14-10-16-38(42)48(44)30-11-4-3-5-12-30)29-20-23-33-32-13-6-7-15-37(32)49(39(33)26-29)40-17-8-9-24-45-40/h3-26,46H,1-2H3. The van der Waals surface area contributed by atoms with Gasteiger partial charge in [0.05, 0.1) is 27.6 Å². The summed E-state index contributed by atoms with van der Waals surface area (Å²) in [5.41, 5.74) is 13.3. The van der Waals surface area contributed by atoms with Crippen molar-refractivity contribution >= 4 is 54.6 Å². The van der Waals surface area contributed by atoms with E-state index < -0.39 is 0 Å². The van der Waals surface area contributed by atoms with E-state index >= 15 is 0 Å². The molecule has 232 valence electrons. The minimum Gasteiger partial charge on any atom is -0.354 e. The molecule has 0 radical (unpaired) electrons. The van der Waals surface area contributed by atoms with Crippen LogP contribution in [0, 0.1) is 13.8 Å². The van der Waals surface area contributed by atoms with E-state index in [2.05, 4.69) is 155 Å². The lowest BCUT2D eigenvalue weighted by Crippen LogP contribution is -1.98. The predicted molar refractivity (Wildman–Crippen MR) is 203 cm³/mol. The van der Waals surface area contributed by atoms with Gasteiger partial charge in [0.15, 0.2) is 0 Å². The van der Waals surface area contributed by atoms with Gasteiger partial charge in [-0.2, -0.15) is 0 Å². The maximum atomic E-state index is 5.53. The van der Waals surface area contributed by atoms with Crippen LogP contribution in [0.2, 0.25) is 0 Å². The van der Waals surface area contributed by atoms with E-state index in [1.54, 1.807) is 0 Å². The first-order chi connectivity index (χ1) is 24.1. The molecule has 10 aromatic rings. The molecule has 0 fully saturated rings. The molecule has 0 saturated carbocycles. The number of benzene rings is 6. The van der Waals surface area contributed by atoms with Crippen molar-refractivity contribution in [3.8, 4) is 34.0 Å². The molecule has 6 aromatic carbocycles. The molecule has 0 bridgehead atoms. The van der Waals surface area contributed by atoms with E-state index in [4.69, 9.17) is 9.97 Å². The fourth-order valence-electron chi connectivity index (χ4n) is 7.71. The summed E-state index contributed by atoms with van der Waals surface area (Å²) in [4.78, 5) is 14.1. The zero-order valence-electron chi connectivity index (χ0n) is 27.1. The predicted octanol–water partition coefficient (Wildman–Crippen LogP) is 11.1. The van der Waals surface area contributed by atoms with Crippen LogP contribution in [0.4, 0.5) is 0 Å². The number of nitrogens with one attached hydrogen (secondary N) is 1. The van der Waals surface area contributed by atoms with Gasteiger partial charge < -0.3 is 4.98 Å². The third kappa shape index (κ3) is 4.12. The van der Waals surface area contributed by atoms with Gasteiger partial charge in [-0.25, -0.2) is 9.97 Å². The topological polar surface area (TPSA) is 51.4 Å². The summed E-state index contributed by atoms with van der Waals surface area (Å²) in [6.45, 7) is 4.33. The van der Waals surface area contributed by atoms with Crippen molar-refractivity contribution in [1.82, 2.24) is 24.1 Å². The number of aromatic nitrogens is 5. The van der Waals surface area contributed by atoms with E-state index in [0.717, 1.165) is 67.1 Å². The Morgan fingerprint density at radius 3 is 2.24 bits per heavy atom. The Morgan fingerprint density at radius 2 is 1.37 bits per heavy atom. The van der Waals surface area contributed by atoms with Crippen molar-refractivity contribution in [2.45, 2.75) is 13.8 Å². The van der Waals surface area contributed by atoms with E-state index in [1.807, 2.05) is 18.3 Å². The van der Waals surface area contributed by atoms with Gasteiger partial charge in [0.1, 0.15) is 11.6 Å². The second-order valence-corrected chi connectivity index (χ2v) is 12.9. The van der Waals surface area contributed by atoms with Crippen LogP contribution in [0.25, 0.3) is 88.7 Å². The number of para-hydroxylation sites is 3. The Kier molecular flexibility index (Phi) is 5.94. The molecule has 0 saturated heterocycles. The molecule has 4 heterocycles. The van der Waals surface area contributed by atoms with Crippen LogP contribution >= 0.6 is 0 Å². The Hall–Kier alpha value is -6.46. The molecule has 0 aliphatic carbocycles. The Morgan fingerprint density at radius 1 is 0.571 bits per heavy atom. The number of nitrogens with zero attached hydrogens (tertiary/aromatic N) is 4. The van der Waals surface area contributed by atoms with Crippen LogP contribution in [-0.4, -0.2) is 24.1 Å². The number of H-pyrrole nitrogens is 1. The number of pyridine rings is 1. The Balaban J connectivity index is 1.26. The molecular formula is C44H31N5. The summed E-state index contributed by atoms with van der Waals surface area (Å²) in [5.74, 6) is 1.81. The monoisotopic (exact) mass is 629 g/mol. The fourth-order valence-corrected chi connectivity index (χ4v) is 7.71. The zero-order valence-corrected chi connectivity index (χ0v) is 27.1. The lowest BCUT2D eigenvalue weighted by Gasteiger charge is -2.11. The van der Waals surface area contributed by atoms with Crippen LogP contribution < -0.4 is 0 Å². The lowest BCUT2D eigenvalue weighted by molar-refractivity contribution is 1.08. The molecule has 10 rings (SSSR count). The maximum absolute atomic E-state index is 5.53. The molecule has 0 atom stereocenters. The molecule has 0 amide bonds. The number of imidazole rings is 1. The molecule has 5 heteroatoms. The minimum atomic E-state index is 0.900. The molecule has 0 aliphatic rings. The maximum Gasteiger partial charge on any atom is 0.147 e. The summed E-state index contributed by atoms with van der Waals surface area (Å²) in [5, 5.41) is 4.89. The summed E-state index contributed by atoms with van der Waals surface area (Å²) in [7, 11) is 0. The summed E-state index contributed by atoms with van der Waals surface area (Å²) >= 11 is 0. The summed E-state index contributed by atoms with van der Waals surface area (Å²) in [6, 6.07) is 49.6. The SMILES string of the molecule is Cc1ccc2c(c1)[nH]c1c(-c3nc4c(-c5ccc6c7ccccc7n(-c7ccccn7)c6c5)cccc4n3-c3ccccc3)ccc(C)c12. The van der Waals surface area contributed by atoms with Gasteiger partial charge in [-0.3, -0.25) is 9.13 Å². The highest BCUT2D eigenvalue weighted by molar-refractivity contribution is 6.14.